The normalized spacial score (nSPS) is 19.8. The number of aliphatic hydroxyl groups excluding tert-OH is 1. The van der Waals surface area contributed by atoms with Crippen LogP contribution in [0.25, 0.3) is 0 Å². The Morgan fingerprint density at radius 3 is 3.00 bits per heavy atom. The molecule has 0 spiro atoms. The summed E-state index contributed by atoms with van der Waals surface area (Å²) >= 11 is 0. The van der Waals surface area contributed by atoms with Crippen LogP contribution in [-0.2, 0) is 6.42 Å². The molecule has 0 bridgehead atoms. The highest BCUT2D eigenvalue weighted by molar-refractivity contribution is 5.39. The topological polar surface area (TPSA) is 41.5 Å². The minimum absolute atomic E-state index is 0.374. The van der Waals surface area contributed by atoms with E-state index in [9.17, 15) is 5.11 Å². The van der Waals surface area contributed by atoms with E-state index < -0.39 is 0 Å². The van der Waals surface area contributed by atoms with Gasteiger partial charge in [0.05, 0.1) is 6.10 Å². The van der Waals surface area contributed by atoms with Crippen LogP contribution >= 0.6 is 0 Å². The molecule has 2 unspecified atom stereocenters. The third-order valence-electron chi connectivity index (χ3n) is 3.80. The predicted octanol–water partition coefficient (Wildman–Crippen LogP) is 2.82. The van der Waals surface area contributed by atoms with E-state index in [0.717, 1.165) is 25.1 Å². The van der Waals surface area contributed by atoms with Crippen LogP contribution in [0.3, 0.4) is 0 Å². The van der Waals surface area contributed by atoms with E-state index in [0.29, 0.717) is 12.6 Å². The number of aryl methyl sites for hydroxylation is 1. The van der Waals surface area contributed by atoms with Gasteiger partial charge >= 0.3 is 0 Å². The molecule has 0 aliphatic heterocycles. The van der Waals surface area contributed by atoms with Crippen molar-refractivity contribution in [2.75, 3.05) is 13.2 Å². The molecule has 19 heavy (non-hydrogen) atoms. The molecule has 1 aliphatic carbocycles. The van der Waals surface area contributed by atoms with Crippen LogP contribution < -0.4 is 10.1 Å². The summed E-state index contributed by atoms with van der Waals surface area (Å²) in [4.78, 5) is 0. The van der Waals surface area contributed by atoms with E-state index in [4.69, 9.17) is 4.74 Å². The number of nitrogens with one attached hydrogen (secondary N) is 1. The minimum Gasteiger partial charge on any atom is -0.491 e. The Balaban J connectivity index is 2.09. The van der Waals surface area contributed by atoms with Crippen molar-refractivity contribution >= 4 is 0 Å². The molecule has 1 aromatic carbocycles. The highest BCUT2D eigenvalue weighted by Gasteiger charge is 2.19. The van der Waals surface area contributed by atoms with E-state index in [1.165, 1.54) is 24.0 Å². The number of ether oxygens (including phenoxy) is 1. The molecular formula is C16H25NO2. The summed E-state index contributed by atoms with van der Waals surface area (Å²) in [6.45, 7) is 5.47. The van der Waals surface area contributed by atoms with Crippen LogP contribution in [-0.4, -0.2) is 24.4 Å². The third kappa shape index (κ3) is 3.71. The first-order valence-electron chi connectivity index (χ1n) is 7.41. The van der Waals surface area contributed by atoms with Crippen LogP contribution in [0.1, 0.15) is 50.3 Å². The maximum atomic E-state index is 9.56. The molecule has 0 saturated carbocycles. The molecule has 3 nitrogen and oxygen atoms in total. The van der Waals surface area contributed by atoms with E-state index in [1.54, 1.807) is 0 Å². The fourth-order valence-electron chi connectivity index (χ4n) is 2.64. The molecule has 0 radical (unpaired) electrons. The van der Waals surface area contributed by atoms with Crippen molar-refractivity contribution in [3.05, 3.63) is 29.3 Å². The van der Waals surface area contributed by atoms with Crippen molar-refractivity contribution in [2.24, 2.45) is 0 Å². The number of rotatable bonds is 6. The maximum Gasteiger partial charge on any atom is 0.119 e. The first kappa shape index (κ1) is 14.4. The van der Waals surface area contributed by atoms with Gasteiger partial charge in [0.15, 0.2) is 0 Å². The summed E-state index contributed by atoms with van der Waals surface area (Å²) in [6, 6.07) is 6.79. The maximum absolute atomic E-state index is 9.56. The Bertz CT molecular complexity index is 406. The highest BCUT2D eigenvalue weighted by Crippen LogP contribution is 2.32. The number of fused-ring (bicyclic) bond motifs is 1. The van der Waals surface area contributed by atoms with E-state index in [1.807, 2.05) is 13.0 Å². The Morgan fingerprint density at radius 2 is 2.26 bits per heavy atom. The summed E-state index contributed by atoms with van der Waals surface area (Å²) in [7, 11) is 0. The SMILES string of the molecule is CCNC1CCCc2ccc(OCC(O)CC)cc21. The zero-order valence-electron chi connectivity index (χ0n) is 12.0. The van der Waals surface area contributed by atoms with Crippen molar-refractivity contribution in [1.29, 1.82) is 0 Å². The zero-order chi connectivity index (χ0) is 13.7. The molecule has 0 amide bonds. The standard InChI is InChI=1S/C16H25NO2/c1-3-13(18)11-19-14-9-8-12-6-5-7-16(17-4-2)15(12)10-14/h8-10,13,16-18H,3-7,11H2,1-2H3. The quantitative estimate of drug-likeness (QED) is 0.829. The molecule has 2 atom stereocenters. The van der Waals surface area contributed by atoms with Crippen LogP contribution in [0.2, 0.25) is 0 Å². The van der Waals surface area contributed by atoms with Gasteiger partial charge in [-0.3, -0.25) is 0 Å². The van der Waals surface area contributed by atoms with Gasteiger partial charge in [0.25, 0.3) is 0 Å². The zero-order valence-corrected chi connectivity index (χ0v) is 12.0. The van der Waals surface area contributed by atoms with Crippen LogP contribution in [0.15, 0.2) is 18.2 Å². The molecule has 2 N–H and O–H groups in total. The molecule has 1 aliphatic rings. The van der Waals surface area contributed by atoms with Gasteiger partial charge < -0.3 is 15.2 Å². The van der Waals surface area contributed by atoms with Gasteiger partial charge in [-0.25, -0.2) is 0 Å². The van der Waals surface area contributed by atoms with Crippen molar-refractivity contribution in [3.63, 3.8) is 0 Å². The van der Waals surface area contributed by atoms with Crippen LogP contribution in [0.5, 0.6) is 5.75 Å². The smallest absolute Gasteiger partial charge is 0.119 e. The van der Waals surface area contributed by atoms with Crippen molar-refractivity contribution < 1.29 is 9.84 Å². The van der Waals surface area contributed by atoms with E-state index >= 15 is 0 Å². The number of hydrogen-bond donors (Lipinski definition) is 2. The van der Waals surface area contributed by atoms with Crippen LogP contribution in [0.4, 0.5) is 0 Å². The Morgan fingerprint density at radius 1 is 1.42 bits per heavy atom. The molecule has 0 saturated heterocycles. The number of aliphatic hydroxyl groups is 1. The van der Waals surface area contributed by atoms with Gasteiger partial charge in [-0.05, 0) is 55.5 Å². The number of hydrogen-bond acceptors (Lipinski definition) is 3. The van der Waals surface area contributed by atoms with Gasteiger partial charge in [-0.2, -0.15) is 0 Å². The molecule has 1 aromatic rings. The fourth-order valence-corrected chi connectivity index (χ4v) is 2.64. The molecule has 2 rings (SSSR count). The Kier molecular flexibility index (Phi) is 5.23. The summed E-state index contributed by atoms with van der Waals surface area (Å²) in [5.74, 6) is 0.871. The summed E-state index contributed by atoms with van der Waals surface area (Å²) in [5.41, 5.74) is 2.80. The van der Waals surface area contributed by atoms with E-state index in [2.05, 4.69) is 24.4 Å². The second kappa shape index (κ2) is 6.92. The van der Waals surface area contributed by atoms with Crippen molar-refractivity contribution in [1.82, 2.24) is 5.32 Å². The predicted molar refractivity (Wildman–Crippen MR) is 77.6 cm³/mol. The van der Waals surface area contributed by atoms with Crippen molar-refractivity contribution in [2.45, 2.75) is 51.7 Å². The molecule has 0 heterocycles. The minimum atomic E-state index is -0.374. The summed E-state index contributed by atoms with van der Waals surface area (Å²) in [6.07, 6.45) is 3.96. The molecule has 3 heteroatoms. The highest BCUT2D eigenvalue weighted by atomic mass is 16.5. The van der Waals surface area contributed by atoms with Gasteiger partial charge in [0.2, 0.25) is 0 Å². The van der Waals surface area contributed by atoms with Gasteiger partial charge in [-0.1, -0.05) is 19.9 Å². The molecular weight excluding hydrogens is 238 g/mol. The molecule has 0 fully saturated rings. The van der Waals surface area contributed by atoms with Crippen LogP contribution in [0, 0.1) is 0 Å². The summed E-state index contributed by atoms with van der Waals surface area (Å²) < 4.78 is 5.67. The second-order valence-electron chi connectivity index (χ2n) is 5.24. The lowest BCUT2D eigenvalue weighted by atomic mass is 9.87. The fraction of sp³-hybridized carbons (Fsp3) is 0.625. The van der Waals surface area contributed by atoms with Gasteiger partial charge in [0, 0.05) is 6.04 Å². The average Bonchev–Trinajstić information content (AvgIpc) is 2.45. The summed E-state index contributed by atoms with van der Waals surface area (Å²) in [5, 5.41) is 13.1. The molecule has 0 aromatic heterocycles. The lowest BCUT2D eigenvalue weighted by Gasteiger charge is -2.26. The van der Waals surface area contributed by atoms with E-state index in [-0.39, 0.29) is 6.10 Å². The Labute approximate surface area is 116 Å². The monoisotopic (exact) mass is 263 g/mol. The largest absolute Gasteiger partial charge is 0.491 e. The second-order valence-corrected chi connectivity index (χ2v) is 5.24. The van der Waals surface area contributed by atoms with Gasteiger partial charge in [-0.15, -0.1) is 0 Å². The lowest BCUT2D eigenvalue weighted by Crippen LogP contribution is -2.25. The lowest BCUT2D eigenvalue weighted by molar-refractivity contribution is 0.104. The van der Waals surface area contributed by atoms with Gasteiger partial charge in [0.1, 0.15) is 12.4 Å². The average molecular weight is 263 g/mol. The third-order valence-corrected chi connectivity index (χ3v) is 3.80. The number of benzene rings is 1. The van der Waals surface area contributed by atoms with Crippen molar-refractivity contribution in [3.8, 4) is 5.75 Å². The molecule has 106 valence electrons. The first-order chi connectivity index (χ1) is 9.24. The Hall–Kier alpha value is -1.06. The first-order valence-corrected chi connectivity index (χ1v) is 7.41.